The predicted octanol–water partition coefficient (Wildman–Crippen LogP) is 2.96. The molecule has 8 heteroatoms. The Morgan fingerprint density at radius 2 is 2.06 bits per heavy atom. The van der Waals surface area contributed by atoms with Crippen molar-refractivity contribution in [3.05, 3.63) is 58.3 Å². The Balaban J connectivity index is 1.44. The highest BCUT2D eigenvalue weighted by molar-refractivity contribution is 7.91. The van der Waals surface area contributed by atoms with E-state index in [-0.39, 0.29) is 29.1 Å². The second-order valence-corrected chi connectivity index (χ2v) is 10.4. The largest absolute Gasteiger partial charge is 0.497 e. The molecule has 0 spiro atoms. The van der Waals surface area contributed by atoms with Gasteiger partial charge < -0.3 is 14.2 Å². The average molecular weight is 442 g/mol. The maximum atomic E-state index is 13.1. The fourth-order valence-electron chi connectivity index (χ4n) is 4.45. The van der Waals surface area contributed by atoms with Crippen LogP contribution in [0.4, 0.5) is 0 Å². The van der Waals surface area contributed by atoms with Crippen LogP contribution in [0.3, 0.4) is 0 Å². The molecule has 2 aromatic rings. The predicted molar refractivity (Wildman–Crippen MR) is 115 cm³/mol. The molecule has 1 fully saturated rings. The molecule has 2 aromatic carbocycles. The van der Waals surface area contributed by atoms with Crippen LogP contribution >= 0.6 is 0 Å². The summed E-state index contributed by atoms with van der Waals surface area (Å²) < 4.78 is 40.9. The van der Waals surface area contributed by atoms with E-state index in [1.807, 2.05) is 42.2 Å². The smallest absolute Gasteiger partial charge is 0.231 e. The molecule has 7 nitrogen and oxygen atoms in total. The topological polar surface area (TPSA) is 82.1 Å². The van der Waals surface area contributed by atoms with Gasteiger partial charge in [0.1, 0.15) is 24.0 Å². The van der Waals surface area contributed by atoms with E-state index in [1.165, 1.54) is 0 Å². The van der Waals surface area contributed by atoms with E-state index < -0.39 is 9.84 Å². The fourth-order valence-corrected chi connectivity index (χ4v) is 6.21. The summed E-state index contributed by atoms with van der Waals surface area (Å²) >= 11 is 0. The number of fused-ring (bicyclic) bond motifs is 2. The third-order valence-corrected chi connectivity index (χ3v) is 7.83. The molecular weight excluding hydrogens is 418 g/mol. The number of carbonyl (C=O) groups is 1. The molecule has 0 aromatic heterocycles. The van der Waals surface area contributed by atoms with E-state index in [4.69, 9.17) is 14.2 Å². The van der Waals surface area contributed by atoms with Crippen molar-refractivity contribution in [3.8, 4) is 17.2 Å². The van der Waals surface area contributed by atoms with Gasteiger partial charge in [-0.05, 0) is 43.2 Å². The molecule has 0 unspecified atom stereocenters. The standard InChI is InChI=1S/C23H23NO6S/c1-14-22-16(11-24(13-29-22)17-6-7-31(26,27)12-17)10-19-21(25)20(30-23(14)19)9-15-4-3-5-18(8-15)28-2/h3-5,8-10,17H,6-7,11-13H2,1-2H3/b20-9+/t17-/m0/s1. The highest BCUT2D eigenvalue weighted by atomic mass is 32.2. The van der Waals surface area contributed by atoms with Crippen LogP contribution in [0.15, 0.2) is 36.1 Å². The number of methoxy groups -OCH3 is 1. The Morgan fingerprint density at radius 3 is 2.81 bits per heavy atom. The molecule has 0 N–H and O–H groups in total. The van der Waals surface area contributed by atoms with Gasteiger partial charge in [-0.2, -0.15) is 0 Å². The maximum absolute atomic E-state index is 13.1. The molecule has 31 heavy (non-hydrogen) atoms. The van der Waals surface area contributed by atoms with E-state index in [0.717, 1.165) is 16.7 Å². The number of ether oxygens (including phenoxy) is 3. The van der Waals surface area contributed by atoms with Crippen molar-refractivity contribution in [3.63, 3.8) is 0 Å². The summed E-state index contributed by atoms with van der Waals surface area (Å²) in [5.74, 6) is 2.39. The van der Waals surface area contributed by atoms with Crippen molar-refractivity contribution < 1.29 is 27.4 Å². The van der Waals surface area contributed by atoms with Crippen LogP contribution < -0.4 is 14.2 Å². The summed E-state index contributed by atoms with van der Waals surface area (Å²) in [5.41, 5.74) is 2.98. The van der Waals surface area contributed by atoms with Crippen molar-refractivity contribution in [1.82, 2.24) is 4.90 Å². The zero-order chi connectivity index (χ0) is 21.8. The molecule has 0 saturated carbocycles. The Hall–Kier alpha value is -2.84. The minimum atomic E-state index is -2.98. The van der Waals surface area contributed by atoms with Gasteiger partial charge in [0.15, 0.2) is 15.6 Å². The maximum Gasteiger partial charge on any atom is 0.231 e. The van der Waals surface area contributed by atoms with Crippen molar-refractivity contribution >= 4 is 21.7 Å². The van der Waals surface area contributed by atoms with Gasteiger partial charge in [-0.3, -0.25) is 9.69 Å². The summed E-state index contributed by atoms with van der Waals surface area (Å²) in [6, 6.07) is 9.17. The molecule has 162 valence electrons. The lowest BCUT2D eigenvalue weighted by molar-refractivity contribution is 0.0637. The number of Topliss-reactive ketones (excluding diaryl/α,β-unsaturated/α-hetero) is 1. The molecule has 0 bridgehead atoms. The third-order valence-electron chi connectivity index (χ3n) is 6.08. The Bertz CT molecular complexity index is 1220. The van der Waals surface area contributed by atoms with Gasteiger partial charge in [0, 0.05) is 23.7 Å². The van der Waals surface area contributed by atoms with Crippen molar-refractivity contribution in [2.24, 2.45) is 0 Å². The normalized spacial score (nSPS) is 23.2. The molecular formula is C23H23NO6S. The van der Waals surface area contributed by atoms with Crippen LogP contribution in [0.2, 0.25) is 0 Å². The molecule has 5 rings (SSSR count). The van der Waals surface area contributed by atoms with E-state index in [9.17, 15) is 13.2 Å². The van der Waals surface area contributed by atoms with Gasteiger partial charge in [0.25, 0.3) is 0 Å². The zero-order valence-corrected chi connectivity index (χ0v) is 18.2. The van der Waals surface area contributed by atoms with Gasteiger partial charge in [0.05, 0.1) is 24.2 Å². The fraction of sp³-hybridized carbons (Fsp3) is 0.348. The molecule has 3 heterocycles. The minimum Gasteiger partial charge on any atom is -0.497 e. The SMILES string of the molecule is COc1cccc(/C=C2/Oc3c(cc4c(c3C)OCN([C@H]3CCS(=O)(=O)C3)C4)C2=O)c1. The molecule has 3 aliphatic rings. The molecule has 1 saturated heterocycles. The second-order valence-electron chi connectivity index (χ2n) is 8.16. The quantitative estimate of drug-likeness (QED) is 0.678. The summed E-state index contributed by atoms with van der Waals surface area (Å²) in [4.78, 5) is 15.1. The summed E-state index contributed by atoms with van der Waals surface area (Å²) in [5, 5.41) is 0. The van der Waals surface area contributed by atoms with Gasteiger partial charge in [0.2, 0.25) is 5.78 Å². The van der Waals surface area contributed by atoms with Crippen LogP contribution in [0, 0.1) is 6.92 Å². The molecule has 0 radical (unpaired) electrons. The number of allylic oxidation sites excluding steroid dienone is 1. The minimum absolute atomic E-state index is 0.0535. The third kappa shape index (κ3) is 3.59. The van der Waals surface area contributed by atoms with E-state index in [1.54, 1.807) is 13.2 Å². The molecule has 1 atom stereocenters. The number of carbonyl (C=O) groups excluding carboxylic acids is 1. The first-order valence-corrected chi connectivity index (χ1v) is 12.0. The van der Waals surface area contributed by atoms with E-state index in [2.05, 4.69) is 0 Å². The average Bonchev–Trinajstić information content (AvgIpc) is 3.28. The summed E-state index contributed by atoms with van der Waals surface area (Å²) in [6.07, 6.45) is 2.32. The Morgan fingerprint density at radius 1 is 1.23 bits per heavy atom. The number of hydrogen-bond donors (Lipinski definition) is 0. The highest BCUT2D eigenvalue weighted by Crippen LogP contribution is 2.43. The van der Waals surface area contributed by atoms with Crippen LogP contribution in [0.25, 0.3) is 6.08 Å². The number of rotatable bonds is 3. The lowest BCUT2D eigenvalue weighted by atomic mass is 9.99. The lowest BCUT2D eigenvalue weighted by Crippen LogP contribution is -2.41. The van der Waals surface area contributed by atoms with Gasteiger partial charge >= 0.3 is 0 Å². The molecule has 0 amide bonds. The first-order valence-electron chi connectivity index (χ1n) is 10.2. The first-order chi connectivity index (χ1) is 14.8. The van der Waals surface area contributed by atoms with Crippen LogP contribution in [-0.4, -0.2) is 50.5 Å². The number of ketones is 1. The van der Waals surface area contributed by atoms with Crippen LogP contribution in [-0.2, 0) is 16.4 Å². The van der Waals surface area contributed by atoms with Crippen LogP contribution in [0.5, 0.6) is 17.2 Å². The first kappa shape index (κ1) is 20.1. The van der Waals surface area contributed by atoms with Crippen LogP contribution in [0.1, 0.15) is 33.5 Å². The summed E-state index contributed by atoms with van der Waals surface area (Å²) in [7, 11) is -1.38. The molecule has 3 aliphatic heterocycles. The Kier molecular flexibility index (Phi) is 4.79. The number of benzene rings is 2. The monoisotopic (exact) mass is 441 g/mol. The van der Waals surface area contributed by atoms with Crippen molar-refractivity contribution in [2.45, 2.75) is 25.9 Å². The number of hydrogen-bond acceptors (Lipinski definition) is 7. The van der Waals surface area contributed by atoms with Crippen molar-refractivity contribution in [2.75, 3.05) is 25.3 Å². The molecule has 0 aliphatic carbocycles. The number of sulfone groups is 1. The second kappa shape index (κ2) is 7.39. The van der Waals surface area contributed by atoms with Crippen molar-refractivity contribution in [1.29, 1.82) is 0 Å². The van der Waals surface area contributed by atoms with Gasteiger partial charge in [-0.1, -0.05) is 12.1 Å². The number of nitrogens with zero attached hydrogens (tertiary/aromatic N) is 1. The Labute approximate surface area is 181 Å². The highest BCUT2D eigenvalue weighted by Gasteiger charge is 2.37. The van der Waals surface area contributed by atoms with E-state index >= 15 is 0 Å². The van der Waals surface area contributed by atoms with Gasteiger partial charge in [-0.15, -0.1) is 0 Å². The summed E-state index contributed by atoms with van der Waals surface area (Å²) in [6.45, 7) is 2.76. The zero-order valence-electron chi connectivity index (χ0n) is 17.4. The van der Waals surface area contributed by atoms with E-state index in [0.29, 0.717) is 42.5 Å². The van der Waals surface area contributed by atoms with Gasteiger partial charge in [-0.25, -0.2) is 8.42 Å². The lowest BCUT2D eigenvalue weighted by Gasteiger charge is -2.33.